The van der Waals surface area contributed by atoms with Crippen LogP contribution < -0.4 is 15.4 Å². The van der Waals surface area contributed by atoms with E-state index in [-0.39, 0.29) is 30.3 Å². The number of fused-ring (bicyclic) bond motifs is 1. The molecule has 2 aromatic carbocycles. The van der Waals surface area contributed by atoms with Gasteiger partial charge in [0.05, 0.1) is 18.2 Å². The van der Waals surface area contributed by atoms with Gasteiger partial charge in [0.15, 0.2) is 0 Å². The first kappa shape index (κ1) is 27.2. The molecular formula is C29H27ClN4O6. The number of benzene rings is 2. The Morgan fingerprint density at radius 2 is 1.85 bits per heavy atom. The molecule has 0 radical (unpaired) electrons. The Hall–Kier alpha value is -4.41. The number of ether oxygens (including phenoxy) is 2. The molecule has 0 spiro atoms. The molecule has 5 rings (SSSR count). The van der Waals surface area contributed by atoms with Crippen molar-refractivity contribution in [2.24, 2.45) is 0 Å². The lowest BCUT2D eigenvalue weighted by atomic mass is 9.99. The number of carboxylic acid groups (broad SMARTS) is 1. The number of carbonyl (C=O) groups excluding carboxylic acids is 2. The maximum Gasteiger partial charge on any atom is 0.410 e. The first-order valence-corrected chi connectivity index (χ1v) is 13.1. The van der Waals surface area contributed by atoms with E-state index in [1.807, 2.05) is 36.4 Å². The minimum atomic E-state index is -1.20. The van der Waals surface area contributed by atoms with Gasteiger partial charge in [0.1, 0.15) is 17.7 Å². The van der Waals surface area contributed by atoms with Crippen molar-refractivity contribution in [1.29, 1.82) is 0 Å². The molecule has 1 fully saturated rings. The summed E-state index contributed by atoms with van der Waals surface area (Å²) in [5, 5.41) is 14.1. The van der Waals surface area contributed by atoms with Crippen molar-refractivity contribution < 1.29 is 29.0 Å². The molecule has 206 valence electrons. The summed E-state index contributed by atoms with van der Waals surface area (Å²) in [5.74, 6) is 0.501. The van der Waals surface area contributed by atoms with Crippen LogP contribution in [-0.4, -0.2) is 65.3 Å². The van der Waals surface area contributed by atoms with E-state index in [4.69, 9.17) is 26.2 Å². The van der Waals surface area contributed by atoms with Crippen LogP contribution >= 0.6 is 11.6 Å². The lowest BCUT2D eigenvalue weighted by molar-refractivity contribution is -0.116. The largest absolute Gasteiger partial charge is 0.484 e. The molecule has 1 unspecified atom stereocenters. The zero-order chi connectivity index (χ0) is 28.1. The number of carbonyl (C=O) groups is 3. The third-order valence-electron chi connectivity index (χ3n) is 6.56. The number of nitrogens with zero attached hydrogens (tertiary/aromatic N) is 2. The molecule has 1 atom stereocenters. The van der Waals surface area contributed by atoms with Crippen LogP contribution in [0, 0.1) is 0 Å². The first-order valence-electron chi connectivity index (χ1n) is 12.7. The molecular weight excluding hydrogens is 536 g/mol. The van der Waals surface area contributed by atoms with Gasteiger partial charge < -0.3 is 24.8 Å². The number of amides is 3. The van der Waals surface area contributed by atoms with E-state index in [0.717, 1.165) is 22.3 Å². The molecule has 1 saturated heterocycles. The molecule has 1 aromatic heterocycles. The molecule has 10 nitrogen and oxygen atoms in total. The minimum Gasteiger partial charge on any atom is -0.484 e. The number of nitrogens with one attached hydrogen (secondary N) is 2. The Labute approximate surface area is 235 Å². The molecule has 0 bridgehead atoms. The van der Waals surface area contributed by atoms with Crippen molar-refractivity contribution in [2.75, 3.05) is 31.6 Å². The van der Waals surface area contributed by atoms with E-state index in [9.17, 15) is 14.4 Å². The second kappa shape index (κ2) is 12.2. The highest BCUT2D eigenvalue weighted by molar-refractivity contribution is 6.32. The third kappa shape index (κ3) is 6.59. The average molecular weight is 563 g/mol. The number of pyridine rings is 1. The van der Waals surface area contributed by atoms with Crippen molar-refractivity contribution in [2.45, 2.75) is 19.1 Å². The van der Waals surface area contributed by atoms with Crippen LogP contribution in [0.25, 0.3) is 11.1 Å². The fourth-order valence-corrected chi connectivity index (χ4v) is 4.81. The van der Waals surface area contributed by atoms with Gasteiger partial charge in [-0.1, -0.05) is 29.8 Å². The highest BCUT2D eigenvalue weighted by Gasteiger charge is 2.25. The molecule has 3 aromatic rings. The van der Waals surface area contributed by atoms with E-state index >= 15 is 0 Å². The van der Waals surface area contributed by atoms with Gasteiger partial charge in [0.2, 0.25) is 5.91 Å². The normalized spacial score (nSPS) is 16.3. The molecule has 0 saturated carbocycles. The van der Waals surface area contributed by atoms with Crippen LogP contribution in [0.5, 0.6) is 5.75 Å². The first-order chi connectivity index (χ1) is 19.4. The number of hydrogen-bond acceptors (Lipinski definition) is 6. The number of hydrogen-bond donors (Lipinski definition) is 3. The quantitative estimate of drug-likeness (QED) is 0.369. The number of halogens is 1. The van der Waals surface area contributed by atoms with Gasteiger partial charge in [-0.2, -0.15) is 0 Å². The van der Waals surface area contributed by atoms with Gasteiger partial charge in [-0.3, -0.25) is 14.9 Å². The van der Waals surface area contributed by atoms with Gasteiger partial charge in [0.25, 0.3) is 5.91 Å². The highest BCUT2D eigenvalue weighted by Crippen LogP contribution is 2.40. The number of rotatable bonds is 7. The summed E-state index contributed by atoms with van der Waals surface area (Å²) < 4.78 is 11.3. The maximum atomic E-state index is 12.7. The standard InChI is InChI=1S/C29H27ClN4O6/c30-24-15-21(19-2-4-20(5-3-19)28(36)34-9-11-39-12-10-34)13-22-14-23(40-27(22)24)6-8-26(35)32-17-18-1-7-25(31-16-18)33-29(37)38/h1-8,13,15-16,23H,9-12,14,17H2,(H,31,33)(H,32,35)(H,37,38). The smallest absolute Gasteiger partial charge is 0.410 e. The van der Waals surface area contributed by atoms with Gasteiger partial charge in [-0.15, -0.1) is 0 Å². The fraction of sp³-hybridized carbons (Fsp3) is 0.241. The molecule has 3 N–H and O–H groups in total. The van der Waals surface area contributed by atoms with Crippen molar-refractivity contribution in [3.05, 3.63) is 88.6 Å². The molecule has 3 amide bonds. The van der Waals surface area contributed by atoms with E-state index in [1.165, 1.54) is 18.3 Å². The summed E-state index contributed by atoms with van der Waals surface area (Å²) in [6.07, 6.45) is 3.62. The fourth-order valence-electron chi connectivity index (χ4n) is 4.53. The van der Waals surface area contributed by atoms with Crippen LogP contribution in [0.3, 0.4) is 0 Å². The van der Waals surface area contributed by atoms with Crippen LogP contribution in [0.1, 0.15) is 21.5 Å². The van der Waals surface area contributed by atoms with Gasteiger partial charge >= 0.3 is 6.09 Å². The second-order valence-electron chi connectivity index (χ2n) is 9.35. The summed E-state index contributed by atoms with van der Waals surface area (Å²) >= 11 is 6.55. The van der Waals surface area contributed by atoms with Crippen LogP contribution in [0.2, 0.25) is 5.02 Å². The second-order valence-corrected chi connectivity index (χ2v) is 9.75. The van der Waals surface area contributed by atoms with E-state index in [2.05, 4.69) is 15.6 Å². The predicted octanol–water partition coefficient (Wildman–Crippen LogP) is 4.14. The molecule has 0 aliphatic carbocycles. The van der Waals surface area contributed by atoms with Crippen molar-refractivity contribution in [3.63, 3.8) is 0 Å². The zero-order valence-corrected chi connectivity index (χ0v) is 22.2. The van der Waals surface area contributed by atoms with Crippen molar-refractivity contribution >= 4 is 35.3 Å². The predicted molar refractivity (Wildman–Crippen MR) is 149 cm³/mol. The van der Waals surface area contributed by atoms with E-state index in [1.54, 1.807) is 17.0 Å². The van der Waals surface area contributed by atoms with E-state index in [0.29, 0.717) is 49.1 Å². The third-order valence-corrected chi connectivity index (χ3v) is 6.84. The molecule has 3 heterocycles. The lowest BCUT2D eigenvalue weighted by Gasteiger charge is -2.26. The Bertz CT molecular complexity index is 1440. The SMILES string of the molecule is O=C(O)Nc1ccc(CNC(=O)C=CC2Cc3cc(-c4ccc(C(=O)N5CCOCC5)cc4)cc(Cl)c3O2)cn1. The topological polar surface area (TPSA) is 130 Å². The lowest BCUT2D eigenvalue weighted by Crippen LogP contribution is -2.40. The summed E-state index contributed by atoms with van der Waals surface area (Å²) in [6, 6.07) is 14.5. The monoisotopic (exact) mass is 562 g/mol. The maximum absolute atomic E-state index is 12.7. The Morgan fingerprint density at radius 1 is 1.07 bits per heavy atom. The summed E-state index contributed by atoms with van der Waals surface area (Å²) in [4.78, 5) is 41.5. The summed E-state index contributed by atoms with van der Waals surface area (Å²) in [5.41, 5.74) is 4.14. The van der Waals surface area contributed by atoms with Crippen LogP contribution in [0.4, 0.5) is 10.6 Å². The molecule has 11 heteroatoms. The Balaban J connectivity index is 1.17. The van der Waals surface area contributed by atoms with Crippen molar-refractivity contribution in [1.82, 2.24) is 15.2 Å². The number of morpholine rings is 1. The van der Waals surface area contributed by atoms with Crippen LogP contribution in [-0.2, 0) is 22.5 Å². The van der Waals surface area contributed by atoms with E-state index < -0.39 is 6.09 Å². The van der Waals surface area contributed by atoms with Gasteiger partial charge in [0, 0.05) is 49.5 Å². The number of anilines is 1. The van der Waals surface area contributed by atoms with Gasteiger partial charge in [-0.25, -0.2) is 9.78 Å². The summed E-state index contributed by atoms with van der Waals surface area (Å²) in [7, 11) is 0. The average Bonchev–Trinajstić information content (AvgIpc) is 3.39. The summed E-state index contributed by atoms with van der Waals surface area (Å²) in [6.45, 7) is 2.54. The molecule has 2 aliphatic heterocycles. The van der Waals surface area contributed by atoms with Crippen LogP contribution in [0.15, 0.2) is 66.9 Å². The molecule has 40 heavy (non-hydrogen) atoms. The zero-order valence-electron chi connectivity index (χ0n) is 21.4. The van der Waals surface area contributed by atoms with Gasteiger partial charge in [-0.05, 0) is 53.1 Å². The highest BCUT2D eigenvalue weighted by atomic mass is 35.5. The Morgan fingerprint density at radius 3 is 2.55 bits per heavy atom. The Kier molecular flexibility index (Phi) is 8.28. The minimum absolute atomic E-state index is 0.00323. The van der Waals surface area contributed by atoms with Crippen molar-refractivity contribution in [3.8, 4) is 16.9 Å². The molecule has 2 aliphatic rings. The number of aromatic nitrogens is 1.